The molecular weight excluding hydrogens is 106 g/mol. The number of carbonyl (C=O) groups is 1. The quantitative estimate of drug-likeness (QED) is 0.201. The topological polar surface area (TPSA) is 67.5 Å². The smallest absolute Gasteiger partial charge is 0.195 e. The number of amidine groups is 1. The molecule has 46 valence electrons. The van der Waals surface area contributed by atoms with Crippen LogP contribution in [0.25, 0.3) is 0 Å². The molecule has 0 aromatic carbocycles. The highest BCUT2D eigenvalue weighted by molar-refractivity contribution is 6.37. The van der Waals surface area contributed by atoms with Gasteiger partial charge in [-0.2, -0.15) is 0 Å². The van der Waals surface area contributed by atoms with E-state index in [1.807, 2.05) is 0 Å². The van der Waals surface area contributed by atoms with Gasteiger partial charge in [-0.25, -0.2) is 5.84 Å². The molecule has 0 aromatic heterocycles. The van der Waals surface area contributed by atoms with Crippen molar-refractivity contribution in [2.45, 2.75) is 6.92 Å². The number of rotatable bonds is 1. The molecule has 0 rings (SSSR count). The number of hydrogen-bond donors (Lipinski definition) is 2. The highest BCUT2D eigenvalue weighted by atomic mass is 16.1. The highest BCUT2D eigenvalue weighted by Gasteiger charge is 1.97. The number of nitrogens with zero attached hydrogens (tertiary/aromatic N) is 1. The molecule has 0 unspecified atom stereocenters. The number of nitrogens with two attached hydrogens (primary N) is 1. The Kier molecular flexibility index (Phi) is 2.79. The molecule has 0 saturated heterocycles. The molecule has 3 N–H and O–H groups in total. The van der Waals surface area contributed by atoms with Crippen molar-refractivity contribution in [3.63, 3.8) is 0 Å². The van der Waals surface area contributed by atoms with E-state index >= 15 is 0 Å². The number of aliphatic imine (C=N–C) groups is 1. The molecule has 0 radical (unpaired) electrons. The molecule has 0 aliphatic rings. The third-order valence-corrected chi connectivity index (χ3v) is 0.694. The Morgan fingerprint density at radius 2 is 2.25 bits per heavy atom. The molecule has 0 fully saturated rings. The maximum atomic E-state index is 10.3. The predicted molar refractivity (Wildman–Crippen MR) is 31.4 cm³/mol. The Morgan fingerprint density at radius 1 is 1.75 bits per heavy atom. The van der Waals surface area contributed by atoms with Gasteiger partial charge in [-0.3, -0.25) is 9.79 Å². The van der Waals surface area contributed by atoms with E-state index < -0.39 is 0 Å². The van der Waals surface area contributed by atoms with Gasteiger partial charge >= 0.3 is 0 Å². The molecule has 0 heterocycles. The molecule has 0 bridgehead atoms. The van der Waals surface area contributed by atoms with Gasteiger partial charge in [0.15, 0.2) is 11.6 Å². The van der Waals surface area contributed by atoms with Crippen LogP contribution in [0.1, 0.15) is 6.92 Å². The van der Waals surface area contributed by atoms with Crippen molar-refractivity contribution in [1.82, 2.24) is 5.43 Å². The number of carbonyl (C=O) groups excluding carboxylic acids is 1. The summed E-state index contributed by atoms with van der Waals surface area (Å²) in [6.07, 6.45) is 0. The van der Waals surface area contributed by atoms with Gasteiger partial charge in [0.05, 0.1) is 0 Å². The van der Waals surface area contributed by atoms with E-state index in [0.717, 1.165) is 0 Å². The van der Waals surface area contributed by atoms with Crippen molar-refractivity contribution in [3.05, 3.63) is 0 Å². The summed E-state index contributed by atoms with van der Waals surface area (Å²) in [5.74, 6) is 4.92. The van der Waals surface area contributed by atoms with Gasteiger partial charge in [-0.1, -0.05) is 0 Å². The van der Waals surface area contributed by atoms with Crippen LogP contribution in [0.5, 0.6) is 0 Å². The lowest BCUT2D eigenvalue weighted by atomic mass is 10.4. The first kappa shape index (κ1) is 7.10. The first-order valence-electron chi connectivity index (χ1n) is 2.16. The second-order valence-corrected chi connectivity index (χ2v) is 1.27. The molecule has 0 atom stereocenters. The average Bonchev–Trinajstić information content (AvgIpc) is 1.69. The molecule has 4 nitrogen and oxygen atoms in total. The van der Waals surface area contributed by atoms with E-state index in [4.69, 9.17) is 5.84 Å². The fourth-order valence-electron chi connectivity index (χ4n) is 0.324. The fourth-order valence-corrected chi connectivity index (χ4v) is 0.324. The lowest BCUT2D eigenvalue weighted by Crippen LogP contribution is -2.35. The van der Waals surface area contributed by atoms with E-state index in [0.29, 0.717) is 0 Å². The molecule has 0 amide bonds. The van der Waals surface area contributed by atoms with Crippen molar-refractivity contribution >= 4 is 11.6 Å². The number of ketones is 1. The normalized spacial score (nSPS) is 11.1. The maximum absolute atomic E-state index is 10.3. The Labute approximate surface area is 47.8 Å². The van der Waals surface area contributed by atoms with Crippen LogP contribution in [0.4, 0.5) is 0 Å². The molecule has 0 aliphatic carbocycles. The van der Waals surface area contributed by atoms with E-state index in [1.54, 1.807) is 0 Å². The molecule has 0 spiro atoms. The SMILES string of the molecule is C/N=C(/NN)C(C)=O. The lowest BCUT2D eigenvalue weighted by Gasteiger charge is -1.95. The van der Waals surface area contributed by atoms with Crippen LogP contribution in [0.2, 0.25) is 0 Å². The Balaban J connectivity index is 3.92. The van der Waals surface area contributed by atoms with Crippen LogP contribution in [0, 0.1) is 0 Å². The molecular formula is C4H9N3O. The van der Waals surface area contributed by atoms with Crippen LogP contribution < -0.4 is 11.3 Å². The second-order valence-electron chi connectivity index (χ2n) is 1.27. The molecule has 8 heavy (non-hydrogen) atoms. The van der Waals surface area contributed by atoms with Crippen molar-refractivity contribution in [1.29, 1.82) is 0 Å². The molecule has 4 heteroatoms. The van der Waals surface area contributed by atoms with Crippen LogP contribution >= 0.6 is 0 Å². The van der Waals surface area contributed by atoms with Crippen molar-refractivity contribution in [3.8, 4) is 0 Å². The number of nitrogens with one attached hydrogen (secondary N) is 1. The third-order valence-electron chi connectivity index (χ3n) is 0.694. The Morgan fingerprint density at radius 3 is 2.25 bits per heavy atom. The largest absolute Gasteiger partial charge is 0.306 e. The van der Waals surface area contributed by atoms with Gasteiger partial charge in [-0.05, 0) is 0 Å². The summed E-state index contributed by atoms with van der Waals surface area (Å²) in [6.45, 7) is 1.39. The highest BCUT2D eigenvalue weighted by Crippen LogP contribution is 1.69. The van der Waals surface area contributed by atoms with Gasteiger partial charge in [-0.15, -0.1) is 0 Å². The molecule has 0 aliphatic heterocycles. The summed E-state index contributed by atoms with van der Waals surface area (Å²) < 4.78 is 0. The zero-order valence-electron chi connectivity index (χ0n) is 4.93. The number of Topliss-reactive ketones (excluding diaryl/α,β-unsaturated/α-hetero) is 1. The average molecular weight is 115 g/mol. The zero-order valence-corrected chi connectivity index (χ0v) is 4.93. The predicted octanol–water partition coefficient (Wildman–Crippen LogP) is -0.933. The summed E-state index contributed by atoms with van der Waals surface area (Å²) in [5.41, 5.74) is 2.15. The Bertz CT molecular complexity index is 118. The maximum Gasteiger partial charge on any atom is 0.195 e. The van der Waals surface area contributed by atoms with E-state index in [2.05, 4.69) is 10.4 Å². The minimum Gasteiger partial charge on any atom is -0.306 e. The van der Waals surface area contributed by atoms with Gasteiger partial charge < -0.3 is 5.43 Å². The zero-order chi connectivity index (χ0) is 6.57. The minimum absolute atomic E-state index is 0.157. The van der Waals surface area contributed by atoms with Crippen LogP contribution in [-0.2, 0) is 4.79 Å². The van der Waals surface area contributed by atoms with E-state index in [9.17, 15) is 4.79 Å². The van der Waals surface area contributed by atoms with Crippen LogP contribution in [-0.4, -0.2) is 18.7 Å². The monoisotopic (exact) mass is 115 g/mol. The molecule has 0 saturated carbocycles. The van der Waals surface area contributed by atoms with E-state index in [1.165, 1.54) is 14.0 Å². The standard InChI is InChI=1S/C4H9N3O/c1-3(8)4(6-2)7-5/h5H2,1-2H3,(H,6,7). The van der Waals surface area contributed by atoms with Gasteiger partial charge in [0.25, 0.3) is 0 Å². The van der Waals surface area contributed by atoms with Crippen LogP contribution in [0.3, 0.4) is 0 Å². The molecule has 0 aromatic rings. The van der Waals surface area contributed by atoms with Gasteiger partial charge in [0, 0.05) is 14.0 Å². The third kappa shape index (κ3) is 1.70. The van der Waals surface area contributed by atoms with Crippen molar-refractivity contribution in [2.24, 2.45) is 10.8 Å². The minimum atomic E-state index is -0.157. The lowest BCUT2D eigenvalue weighted by molar-refractivity contribution is -0.111. The number of hydrazine groups is 1. The van der Waals surface area contributed by atoms with Crippen molar-refractivity contribution < 1.29 is 4.79 Å². The summed E-state index contributed by atoms with van der Waals surface area (Å²) in [6, 6.07) is 0. The van der Waals surface area contributed by atoms with E-state index in [-0.39, 0.29) is 11.6 Å². The van der Waals surface area contributed by atoms with Gasteiger partial charge in [0.2, 0.25) is 0 Å². The summed E-state index contributed by atoms with van der Waals surface area (Å²) in [5, 5.41) is 0. The number of hydrogen-bond acceptors (Lipinski definition) is 3. The Hall–Kier alpha value is -0.900. The second kappa shape index (κ2) is 3.15. The van der Waals surface area contributed by atoms with Crippen LogP contribution in [0.15, 0.2) is 4.99 Å². The summed E-state index contributed by atoms with van der Waals surface area (Å²) in [7, 11) is 1.50. The fraction of sp³-hybridized carbons (Fsp3) is 0.500. The summed E-state index contributed by atoms with van der Waals surface area (Å²) in [4.78, 5) is 13.9. The first-order chi connectivity index (χ1) is 3.72. The van der Waals surface area contributed by atoms with Gasteiger partial charge in [0.1, 0.15) is 0 Å². The van der Waals surface area contributed by atoms with Crippen molar-refractivity contribution in [2.75, 3.05) is 7.05 Å². The summed E-state index contributed by atoms with van der Waals surface area (Å²) >= 11 is 0. The first-order valence-corrected chi connectivity index (χ1v) is 2.16.